The average molecular weight is 395 g/mol. The standard InChI is InChI=1S/C21H21N3O3S/c1-27-18-10-6-15(7-11-18)20(26)22-12-2-3-19(25)24-17-8-4-16(5-9-17)21-23-13-14-28-21/h4-11,13-14H,2-3,12H2,1H3,(H,22,26)(H,24,25). The SMILES string of the molecule is COc1ccc(C(=O)NCCCC(=O)Nc2ccc(-c3nccs3)cc2)cc1. The van der Waals surface area contributed by atoms with Crippen LogP contribution >= 0.6 is 11.3 Å². The fraction of sp³-hybridized carbons (Fsp3) is 0.190. The van der Waals surface area contributed by atoms with Crippen molar-refractivity contribution >= 4 is 28.8 Å². The number of nitrogens with one attached hydrogen (secondary N) is 2. The Morgan fingerprint density at radius 1 is 1.07 bits per heavy atom. The van der Waals surface area contributed by atoms with Crippen LogP contribution in [0.3, 0.4) is 0 Å². The van der Waals surface area contributed by atoms with Gasteiger partial charge in [0.15, 0.2) is 0 Å². The summed E-state index contributed by atoms with van der Waals surface area (Å²) in [6, 6.07) is 14.5. The van der Waals surface area contributed by atoms with E-state index in [9.17, 15) is 9.59 Å². The van der Waals surface area contributed by atoms with Gasteiger partial charge in [-0.25, -0.2) is 4.98 Å². The number of rotatable bonds is 8. The van der Waals surface area contributed by atoms with Crippen LogP contribution in [-0.2, 0) is 4.79 Å². The number of carbonyl (C=O) groups is 2. The summed E-state index contributed by atoms with van der Waals surface area (Å²) in [6.45, 7) is 0.432. The molecule has 0 aliphatic heterocycles. The number of nitrogens with zero attached hydrogens (tertiary/aromatic N) is 1. The maximum absolute atomic E-state index is 12.1. The van der Waals surface area contributed by atoms with E-state index in [0.717, 1.165) is 16.3 Å². The van der Waals surface area contributed by atoms with Crippen molar-refractivity contribution < 1.29 is 14.3 Å². The molecular formula is C21H21N3O3S. The zero-order chi connectivity index (χ0) is 19.8. The van der Waals surface area contributed by atoms with Gasteiger partial charge in [0.2, 0.25) is 5.91 Å². The molecule has 2 N–H and O–H groups in total. The van der Waals surface area contributed by atoms with E-state index < -0.39 is 0 Å². The summed E-state index contributed by atoms with van der Waals surface area (Å²) in [7, 11) is 1.58. The lowest BCUT2D eigenvalue weighted by Crippen LogP contribution is -2.25. The fourth-order valence-electron chi connectivity index (χ4n) is 2.58. The van der Waals surface area contributed by atoms with Gasteiger partial charge in [-0.2, -0.15) is 0 Å². The summed E-state index contributed by atoms with van der Waals surface area (Å²) in [5.41, 5.74) is 2.33. The van der Waals surface area contributed by atoms with Gasteiger partial charge in [0, 0.05) is 41.4 Å². The highest BCUT2D eigenvalue weighted by Crippen LogP contribution is 2.23. The van der Waals surface area contributed by atoms with E-state index in [0.29, 0.717) is 30.7 Å². The lowest BCUT2D eigenvalue weighted by atomic mass is 10.2. The normalized spacial score (nSPS) is 10.3. The fourth-order valence-corrected chi connectivity index (χ4v) is 3.23. The molecule has 0 aliphatic rings. The first-order valence-electron chi connectivity index (χ1n) is 8.88. The number of methoxy groups -OCH3 is 1. The molecule has 0 unspecified atom stereocenters. The van der Waals surface area contributed by atoms with Gasteiger partial charge < -0.3 is 15.4 Å². The van der Waals surface area contributed by atoms with Crippen molar-refractivity contribution in [2.75, 3.05) is 19.0 Å². The quantitative estimate of drug-likeness (QED) is 0.566. The molecule has 1 aromatic heterocycles. The predicted octanol–water partition coefficient (Wildman–Crippen LogP) is 3.97. The van der Waals surface area contributed by atoms with Crippen LogP contribution in [0, 0.1) is 0 Å². The summed E-state index contributed by atoms with van der Waals surface area (Å²) < 4.78 is 5.07. The van der Waals surface area contributed by atoms with Crippen molar-refractivity contribution in [3.05, 3.63) is 65.7 Å². The van der Waals surface area contributed by atoms with Gasteiger partial charge in [0.25, 0.3) is 5.91 Å². The second-order valence-corrected chi connectivity index (χ2v) is 6.95. The van der Waals surface area contributed by atoms with Crippen molar-refractivity contribution in [3.8, 4) is 16.3 Å². The Kier molecular flexibility index (Phi) is 6.75. The van der Waals surface area contributed by atoms with Crippen LogP contribution in [-0.4, -0.2) is 30.5 Å². The van der Waals surface area contributed by atoms with Crippen molar-refractivity contribution in [1.82, 2.24) is 10.3 Å². The van der Waals surface area contributed by atoms with Gasteiger partial charge in [-0.1, -0.05) is 0 Å². The first-order valence-corrected chi connectivity index (χ1v) is 9.76. The Balaban J connectivity index is 1.39. The monoisotopic (exact) mass is 395 g/mol. The van der Waals surface area contributed by atoms with E-state index in [1.54, 1.807) is 48.9 Å². The minimum absolute atomic E-state index is 0.0827. The first kappa shape index (κ1) is 19.6. The molecule has 0 fully saturated rings. The molecule has 0 radical (unpaired) electrons. The molecule has 3 rings (SSSR count). The lowest BCUT2D eigenvalue weighted by molar-refractivity contribution is -0.116. The van der Waals surface area contributed by atoms with Crippen LogP contribution in [0.25, 0.3) is 10.6 Å². The maximum Gasteiger partial charge on any atom is 0.251 e. The minimum Gasteiger partial charge on any atom is -0.497 e. The Bertz CT molecular complexity index is 907. The predicted molar refractivity (Wildman–Crippen MR) is 111 cm³/mol. The second-order valence-electron chi connectivity index (χ2n) is 6.05. The smallest absolute Gasteiger partial charge is 0.251 e. The Morgan fingerprint density at radius 2 is 1.82 bits per heavy atom. The van der Waals surface area contributed by atoms with E-state index >= 15 is 0 Å². The minimum atomic E-state index is -0.166. The van der Waals surface area contributed by atoms with Gasteiger partial charge in [0.05, 0.1) is 7.11 Å². The highest BCUT2D eigenvalue weighted by Gasteiger charge is 2.07. The lowest BCUT2D eigenvalue weighted by Gasteiger charge is -2.07. The van der Waals surface area contributed by atoms with E-state index in [1.807, 2.05) is 29.6 Å². The molecule has 28 heavy (non-hydrogen) atoms. The zero-order valence-corrected chi connectivity index (χ0v) is 16.3. The number of aromatic nitrogens is 1. The Hall–Kier alpha value is -3.19. The molecule has 0 saturated carbocycles. The van der Waals surface area contributed by atoms with E-state index in [4.69, 9.17) is 4.74 Å². The number of amides is 2. The maximum atomic E-state index is 12.1. The number of ether oxygens (including phenoxy) is 1. The van der Waals surface area contributed by atoms with E-state index in [1.165, 1.54) is 0 Å². The summed E-state index contributed by atoms with van der Waals surface area (Å²) in [5.74, 6) is 0.453. The van der Waals surface area contributed by atoms with Gasteiger partial charge in [-0.05, 0) is 55.0 Å². The van der Waals surface area contributed by atoms with E-state index in [2.05, 4.69) is 15.6 Å². The third-order valence-corrected chi connectivity index (χ3v) is 4.89. The number of hydrogen-bond acceptors (Lipinski definition) is 5. The first-order chi connectivity index (χ1) is 13.7. The van der Waals surface area contributed by atoms with Crippen LogP contribution in [0.1, 0.15) is 23.2 Å². The molecule has 2 amide bonds. The van der Waals surface area contributed by atoms with Crippen molar-refractivity contribution in [3.63, 3.8) is 0 Å². The summed E-state index contributed by atoms with van der Waals surface area (Å²) in [5, 5.41) is 8.56. The van der Waals surface area contributed by atoms with Crippen molar-refractivity contribution in [2.45, 2.75) is 12.8 Å². The molecule has 0 saturated heterocycles. The highest BCUT2D eigenvalue weighted by molar-refractivity contribution is 7.13. The Labute approximate surface area is 167 Å². The zero-order valence-electron chi connectivity index (χ0n) is 15.5. The van der Waals surface area contributed by atoms with Crippen LogP contribution < -0.4 is 15.4 Å². The number of anilines is 1. The molecule has 0 aliphatic carbocycles. The average Bonchev–Trinajstić information content (AvgIpc) is 3.26. The van der Waals surface area contributed by atoms with Gasteiger partial charge in [0.1, 0.15) is 10.8 Å². The largest absolute Gasteiger partial charge is 0.497 e. The molecule has 0 bridgehead atoms. The van der Waals surface area contributed by atoms with Crippen LogP contribution in [0.5, 0.6) is 5.75 Å². The van der Waals surface area contributed by atoms with Crippen LogP contribution in [0.4, 0.5) is 5.69 Å². The molecule has 0 spiro atoms. The summed E-state index contributed by atoms with van der Waals surface area (Å²) >= 11 is 1.57. The van der Waals surface area contributed by atoms with Crippen LogP contribution in [0.15, 0.2) is 60.1 Å². The molecule has 1 heterocycles. The number of carbonyl (C=O) groups excluding carboxylic acids is 2. The molecule has 6 nitrogen and oxygen atoms in total. The van der Waals surface area contributed by atoms with Crippen LogP contribution in [0.2, 0.25) is 0 Å². The number of benzene rings is 2. The highest BCUT2D eigenvalue weighted by atomic mass is 32.1. The van der Waals surface area contributed by atoms with Gasteiger partial charge in [-0.3, -0.25) is 9.59 Å². The third kappa shape index (κ3) is 5.40. The van der Waals surface area contributed by atoms with Gasteiger partial charge in [-0.15, -0.1) is 11.3 Å². The molecule has 7 heteroatoms. The molecule has 144 valence electrons. The summed E-state index contributed by atoms with van der Waals surface area (Å²) in [6.07, 6.45) is 2.66. The van der Waals surface area contributed by atoms with Gasteiger partial charge >= 0.3 is 0 Å². The molecule has 0 atom stereocenters. The molecule has 3 aromatic rings. The molecular weight excluding hydrogens is 374 g/mol. The van der Waals surface area contributed by atoms with E-state index in [-0.39, 0.29) is 11.8 Å². The topological polar surface area (TPSA) is 80.3 Å². The van der Waals surface area contributed by atoms with Crippen molar-refractivity contribution in [1.29, 1.82) is 0 Å². The molecule has 2 aromatic carbocycles. The second kappa shape index (κ2) is 9.66. The number of thiazole rings is 1. The third-order valence-electron chi connectivity index (χ3n) is 4.07. The van der Waals surface area contributed by atoms with Crippen molar-refractivity contribution in [2.24, 2.45) is 0 Å². The Morgan fingerprint density at radius 3 is 2.46 bits per heavy atom. The number of hydrogen-bond donors (Lipinski definition) is 2. The summed E-state index contributed by atoms with van der Waals surface area (Å²) in [4.78, 5) is 28.4.